The molecule has 0 aliphatic carbocycles. The zero-order valence-corrected chi connectivity index (χ0v) is 24.2. The van der Waals surface area contributed by atoms with Crippen LogP contribution in [0.5, 0.6) is 5.75 Å². The molecule has 1 aromatic heterocycles. The van der Waals surface area contributed by atoms with E-state index in [1.54, 1.807) is 47.7 Å². The minimum absolute atomic E-state index is 0.135. The number of benzene rings is 3. The Balaban J connectivity index is 1.09. The molecule has 0 atom stereocenters. The summed E-state index contributed by atoms with van der Waals surface area (Å²) in [6.45, 7) is 7.39. The van der Waals surface area contributed by atoms with Crippen LogP contribution in [0.2, 0.25) is 0 Å². The highest BCUT2D eigenvalue weighted by Crippen LogP contribution is 2.32. The predicted molar refractivity (Wildman–Crippen MR) is 160 cm³/mol. The van der Waals surface area contributed by atoms with Crippen molar-refractivity contribution >= 4 is 48.3 Å². The van der Waals surface area contributed by atoms with Crippen LogP contribution >= 0.6 is 11.3 Å². The van der Waals surface area contributed by atoms with E-state index in [0.717, 1.165) is 53.8 Å². The third-order valence-electron chi connectivity index (χ3n) is 6.91. The quantitative estimate of drug-likeness (QED) is 0.303. The largest absolute Gasteiger partial charge is 0.494 e. The summed E-state index contributed by atoms with van der Waals surface area (Å²) >= 11 is 1.69. The van der Waals surface area contributed by atoms with Gasteiger partial charge < -0.3 is 15.0 Å². The first-order valence-corrected chi connectivity index (χ1v) is 15.5. The zero-order valence-electron chi connectivity index (χ0n) is 22.6. The number of nitrogens with one attached hydrogen (secondary N) is 1. The number of para-hydroxylation sites is 1. The Morgan fingerprint density at radius 2 is 1.75 bits per heavy atom. The van der Waals surface area contributed by atoms with Gasteiger partial charge in [-0.1, -0.05) is 29.5 Å². The van der Waals surface area contributed by atoms with Crippen molar-refractivity contribution in [2.45, 2.75) is 11.8 Å². The first-order chi connectivity index (χ1) is 19.3. The lowest BCUT2D eigenvalue weighted by molar-refractivity contribution is 0.0947. The second-order valence-electron chi connectivity index (χ2n) is 9.48. The zero-order chi connectivity index (χ0) is 28.1. The predicted octanol–water partition coefficient (Wildman–Crippen LogP) is 4.07. The summed E-state index contributed by atoms with van der Waals surface area (Å²) in [4.78, 5) is 22.2. The Hall–Kier alpha value is -3.67. The van der Waals surface area contributed by atoms with Gasteiger partial charge in [0.15, 0.2) is 5.13 Å². The first-order valence-electron chi connectivity index (χ1n) is 13.3. The number of hydrogen-bond donors (Lipinski definition) is 1. The highest BCUT2D eigenvalue weighted by atomic mass is 32.2. The average molecular weight is 580 g/mol. The number of carbonyl (C=O) groups is 1. The number of aromatic nitrogens is 1. The molecule has 0 unspecified atom stereocenters. The summed E-state index contributed by atoms with van der Waals surface area (Å²) < 4.78 is 33.9. The van der Waals surface area contributed by atoms with Gasteiger partial charge in [-0.25, -0.2) is 13.4 Å². The van der Waals surface area contributed by atoms with Crippen LogP contribution < -0.4 is 19.3 Å². The molecule has 1 aliphatic heterocycles. The van der Waals surface area contributed by atoms with Crippen LogP contribution in [-0.2, 0) is 10.0 Å². The van der Waals surface area contributed by atoms with E-state index in [0.29, 0.717) is 24.4 Å². The third-order valence-corrected chi connectivity index (χ3v) is 9.79. The van der Waals surface area contributed by atoms with Gasteiger partial charge in [0.1, 0.15) is 5.75 Å². The van der Waals surface area contributed by atoms with Crippen LogP contribution in [0.4, 0.5) is 10.8 Å². The molecule has 1 amide bonds. The molecule has 4 aromatic rings. The van der Waals surface area contributed by atoms with Gasteiger partial charge in [0, 0.05) is 51.9 Å². The number of piperazine rings is 1. The van der Waals surface area contributed by atoms with Gasteiger partial charge in [-0.2, -0.15) is 0 Å². The standard InChI is InChI=1S/C29H33N5O4S2/c1-3-38-24-11-14-26-27(21-24)39-29(31-26)34-19-17-33(18-20-34)16-15-30-28(35)22-9-12-25(13-10-22)40(36,37)32(2)23-7-5-4-6-8-23/h4-14,21H,3,15-20H2,1-2H3,(H,30,35). The maximum Gasteiger partial charge on any atom is 0.264 e. The van der Waals surface area contributed by atoms with E-state index in [9.17, 15) is 13.2 Å². The minimum atomic E-state index is -3.72. The normalized spacial score (nSPS) is 14.3. The van der Waals surface area contributed by atoms with Crippen molar-refractivity contribution in [2.24, 2.45) is 0 Å². The van der Waals surface area contributed by atoms with Gasteiger partial charge in [-0.15, -0.1) is 0 Å². The lowest BCUT2D eigenvalue weighted by Gasteiger charge is -2.34. The van der Waals surface area contributed by atoms with Crippen LogP contribution in [-0.4, -0.2) is 77.1 Å². The SMILES string of the molecule is CCOc1ccc2nc(N3CCN(CCNC(=O)c4ccc(S(=O)(=O)N(C)c5ccccc5)cc4)CC3)sc2c1. The number of nitrogens with zero attached hydrogens (tertiary/aromatic N) is 4. The molecule has 0 spiro atoms. The molecule has 210 valence electrons. The van der Waals surface area contributed by atoms with E-state index in [-0.39, 0.29) is 10.8 Å². The van der Waals surface area contributed by atoms with Crippen molar-refractivity contribution in [3.63, 3.8) is 0 Å². The molecule has 0 radical (unpaired) electrons. The van der Waals surface area contributed by atoms with Gasteiger partial charge in [0.05, 0.1) is 27.4 Å². The van der Waals surface area contributed by atoms with Crippen LogP contribution in [0.1, 0.15) is 17.3 Å². The van der Waals surface area contributed by atoms with E-state index in [1.165, 1.54) is 23.5 Å². The Morgan fingerprint density at radius 1 is 1.02 bits per heavy atom. The van der Waals surface area contributed by atoms with Crippen molar-refractivity contribution in [3.8, 4) is 5.75 Å². The molecule has 0 bridgehead atoms. The molecule has 40 heavy (non-hydrogen) atoms. The number of amides is 1. The molecule has 11 heteroatoms. The highest BCUT2D eigenvalue weighted by Gasteiger charge is 2.22. The van der Waals surface area contributed by atoms with Crippen LogP contribution in [0, 0.1) is 0 Å². The molecule has 1 fully saturated rings. The number of thiazole rings is 1. The molecule has 0 saturated carbocycles. The van der Waals surface area contributed by atoms with E-state index in [1.807, 2.05) is 25.1 Å². The molecule has 2 heterocycles. The maximum atomic E-state index is 13.0. The topological polar surface area (TPSA) is 95.1 Å². The summed E-state index contributed by atoms with van der Waals surface area (Å²) in [6, 6.07) is 20.9. The monoisotopic (exact) mass is 579 g/mol. The van der Waals surface area contributed by atoms with Crippen molar-refractivity contribution in [1.82, 2.24) is 15.2 Å². The fourth-order valence-electron chi connectivity index (χ4n) is 4.59. The van der Waals surface area contributed by atoms with Crippen molar-refractivity contribution in [2.75, 3.05) is 62.1 Å². The Kier molecular flexibility index (Phi) is 8.53. The molecule has 1 saturated heterocycles. The summed E-state index contributed by atoms with van der Waals surface area (Å²) in [6.07, 6.45) is 0. The van der Waals surface area contributed by atoms with E-state index >= 15 is 0 Å². The molecule has 1 aliphatic rings. The van der Waals surface area contributed by atoms with E-state index in [2.05, 4.69) is 21.2 Å². The summed E-state index contributed by atoms with van der Waals surface area (Å²) in [5.74, 6) is 0.647. The lowest BCUT2D eigenvalue weighted by Crippen LogP contribution is -2.48. The fraction of sp³-hybridized carbons (Fsp3) is 0.310. The molecular weight excluding hydrogens is 546 g/mol. The Labute approximate surface area is 239 Å². The van der Waals surface area contributed by atoms with Crippen molar-refractivity contribution in [1.29, 1.82) is 0 Å². The van der Waals surface area contributed by atoms with Gasteiger partial charge in [0.2, 0.25) is 0 Å². The summed E-state index contributed by atoms with van der Waals surface area (Å²) in [7, 11) is -2.20. The minimum Gasteiger partial charge on any atom is -0.494 e. The molecule has 5 rings (SSSR count). The molecule has 1 N–H and O–H groups in total. The van der Waals surface area contributed by atoms with Crippen molar-refractivity contribution < 1.29 is 17.9 Å². The number of rotatable bonds is 10. The average Bonchev–Trinajstić information content (AvgIpc) is 3.41. The van der Waals surface area contributed by atoms with Crippen LogP contribution in [0.15, 0.2) is 77.7 Å². The number of hydrogen-bond acceptors (Lipinski definition) is 8. The molecular formula is C29H33N5O4S2. The third kappa shape index (κ3) is 6.22. The lowest BCUT2D eigenvalue weighted by atomic mass is 10.2. The van der Waals surface area contributed by atoms with Crippen LogP contribution in [0.3, 0.4) is 0 Å². The number of sulfonamides is 1. The highest BCUT2D eigenvalue weighted by molar-refractivity contribution is 7.92. The number of carbonyl (C=O) groups excluding carboxylic acids is 1. The maximum absolute atomic E-state index is 13.0. The smallest absolute Gasteiger partial charge is 0.264 e. The summed E-state index contributed by atoms with van der Waals surface area (Å²) in [5, 5.41) is 3.98. The van der Waals surface area contributed by atoms with Crippen LogP contribution in [0.25, 0.3) is 10.2 Å². The van der Waals surface area contributed by atoms with Gasteiger partial charge >= 0.3 is 0 Å². The fourth-order valence-corrected chi connectivity index (χ4v) is 6.83. The summed E-state index contributed by atoms with van der Waals surface area (Å²) in [5.41, 5.74) is 1.98. The number of ether oxygens (including phenoxy) is 1. The Morgan fingerprint density at radius 3 is 2.45 bits per heavy atom. The van der Waals surface area contributed by atoms with E-state index < -0.39 is 10.0 Å². The number of fused-ring (bicyclic) bond motifs is 1. The van der Waals surface area contributed by atoms with Gasteiger partial charge in [-0.05, 0) is 61.5 Å². The van der Waals surface area contributed by atoms with E-state index in [4.69, 9.17) is 9.72 Å². The Bertz CT molecular complexity index is 1550. The van der Waals surface area contributed by atoms with Crippen molar-refractivity contribution in [3.05, 3.63) is 78.4 Å². The second kappa shape index (κ2) is 12.2. The first kappa shape index (κ1) is 27.9. The second-order valence-corrected chi connectivity index (χ2v) is 12.5. The van der Waals surface area contributed by atoms with Gasteiger partial charge in [0.25, 0.3) is 15.9 Å². The number of anilines is 2. The molecule has 3 aromatic carbocycles. The molecule has 9 nitrogen and oxygen atoms in total. The van der Waals surface area contributed by atoms with Gasteiger partial charge in [-0.3, -0.25) is 14.0 Å².